The van der Waals surface area contributed by atoms with Crippen LogP contribution in [0, 0.1) is 0 Å². The number of likely N-dealkylation sites (tertiary alicyclic amines) is 1. The molecular weight excluding hydrogens is 388 g/mol. The zero-order chi connectivity index (χ0) is 18.2. The number of nitrogens with zero attached hydrogens (tertiary/aromatic N) is 1. The Morgan fingerprint density at radius 1 is 0.960 bits per heavy atom. The number of nitrogens with two attached hydrogens (primary N) is 2. The average molecular weight is 421 g/mol. The van der Waals surface area contributed by atoms with Gasteiger partial charge in [0.1, 0.15) is 0 Å². The lowest BCUT2D eigenvalue weighted by Gasteiger charge is -2.34. The maximum atomic E-state index is 10.9. The van der Waals surface area contributed by atoms with Crippen molar-refractivity contribution in [3.63, 3.8) is 0 Å². The van der Waals surface area contributed by atoms with Gasteiger partial charge in [-0.15, -0.1) is 12.4 Å². The first-order chi connectivity index (χ1) is 11.1. The summed E-state index contributed by atoms with van der Waals surface area (Å²) in [4.78, 5) is 2.20. The fourth-order valence-electron chi connectivity index (χ4n) is 3.28. The largest absolute Gasteiger partial charge is 0.313 e. The van der Waals surface area contributed by atoms with Gasteiger partial charge >= 0.3 is 0 Å². The monoisotopic (exact) mass is 420 g/mol. The van der Waals surface area contributed by atoms with Crippen molar-refractivity contribution in [2.75, 3.05) is 31.1 Å². The van der Waals surface area contributed by atoms with Gasteiger partial charge in [0.05, 0.1) is 11.5 Å². The Bertz CT molecular complexity index is 565. The molecule has 0 amide bonds. The van der Waals surface area contributed by atoms with Crippen LogP contribution < -0.4 is 15.6 Å². The summed E-state index contributed by atoms with van der Waals surface area (Å²) in [5, 5.41) is 13.0. The molecule has 2 saturated heterocycles. The predicted octanol–water partition coefficient (Wildman–Crippen LogP) is -0.0119. The molecule has 0 saturated carbocycles. The third kappa shape index (κ3) is 12.1. The molecule has 5 N–H and O–H groups in total. The van der Waals surface area contributed by atoms with Crippen LogP contribution in [0.2, 0.25) is 0 Å². The van der Waals surface area contributed by atoms with Crippen LogP contribution in [0.15, 0.2) is 0 Å². The van der Waals surface area contributed by atoms with Crippen molar-refractivity contribution in [3.05, 3.63) is 0 Å². The van der Waals surface area contributed by atoms with Gasteiger partial charge in [-0.05, 0) is 45.3 Å². The van der Waals surface area contributed by atoms with E-state index < -0.39 is 20.0 Å². The van der Waals surface area contributed by atoms with E-state index in [1.807, 2.05) is 0 Å². The van der Waals surface area contributed by atoms with Crippen molar-refractivity contribution < 1.29 is 16.8 Å². The van der Waals surface area contributed by atoms with E-state index in [2.05, 4.69) is 17.1 Å². The van der Waals surface area contributed by atoms with Crippen LogP contribution in [0.5, 0.6) is 0 Å². The smallest absolute Gasteiger partial charge is 0.210 e. The molecular formula is C14H33ClN4O4S2. The molecule has 2 aliphatic heterocycles. The first-order valence-electron chi connectivity index (χ1n) is 8.59. The quantitative estimate of drug-likeness (QED) is 0.572. The Hall–Kier alpha value is 0.0300. The highest BCUT2D eigenvalue weighted by Crippen LogP contribution is 2.17. The number of rotatable bonds is 5. The third-order valence-electron chi connectivity index (χ3n) is 4.43. The van der Waals surface area contributed by atoms with Gasteiger partial charge in [0, 0.05) is 12.1 Å². The molecule has 152 valence electrons. The van der Waals surface area contributed by atoms with E-state index in [4.69, 9.17) is 10.3 Å². The van der Waals surface area contributed by atoms with Gasteiger partial charge in [0.2, 0.25) is 20.0 Å². The number of nitrogens with one attached hydrogen (secondary N) is 1. The van der Waals surface area contributed by atoms with E-state index in [0.717, 1.165) is 51.7 Å². The normalized spacial score (nSPS) is 25.4. The summed E-state index contributed by atoms with van der Waals surface area (Å²) in [7, 11) is -6.59. The van der Waals surface area contributed by atoms with E-state index in [-0.39, 0.29) is 36.0 Å². The zero-order valence-electron chi connectivity index (χ0n) is 14.9. The molecule has 0 radical (unpaired) electrons. The summed E-state index contributed by atoms with van der Waals surface area (Å²) < 4.78 is 43.1. The van der Waals surface area contributed by atoms with Gasteiger partial charge in [0.25, 0.3) is 0 Å². The summed E-state index contributed by atoms with van der Waals surface area (Å²) in [5.74, 6) is 0.188. The Balaban J connectivity index is 0.000000449. The van der Waals surface area contributed by atoms with Gasteiger partial charge in [-0.1, -0.05) is 19.8 Å². The summed E-state index contributed by atoms with van der Waals surface area (Å²) in [6.45, 7) is 4.90. The number of primary sulfonamides is 2. The second kappa shape index (κ2) is 11.7. The molecule has 2 fully saturated rings. The van der Waals surface area contributed by atoms with E-state index in [9.17, 15) is 16.8 Å². The van der Waals surface area contributed by atoms with Crippen molar-refractivity contribution in [1.29, 1.82) is 0 Å². The van der Waals surface area contributed by atoms with Crippen molar-refractivity contribution in [2.24, 2.45) is 10.3 Å². The van der Waals surface area contributed by atoms with Crippen molar-refractivity contribution in [3.8, 4) is 0 Å². The molecule has 2 unspecified atom stereocenters. The van der Waals surface area contributed by atoms with Crippen LogP contribution in [0.25, 0.3) is 0 Å². The molecule has 2 atom stereocenters. The summed E-state index contributed by atoms with van der Waals surface area (Å²) in [5.41, 5.74) is 0. The number of piperidine rings is 2. The minimum atomic E-state index is -3.31. The maximum absolute atomic E-state index is 10.9. The molecule has 0 aromatic heterocycles. The Morgan fingerprint density at radius 3 is 2.04 bits per heavy atom. The first-order valence-corrected chi connectivity index (χ1v) is 12.0. The van der Waals surface area contributed by atoms with Crippen LogP contribution in [0.1, 0.15) is 45.4 Å². The van der Waals surface area contributed by atoms with Crippen LogP contribution in [0.4, 0.5) is 0 Å². The topological polar surface area (TPSA) is 136 Å². The molecule has 0 bridgehead atoms. The predicted molar refractivity (Wildman–Crippen MR) is 104 cm³/mol. The molecule has 0 aromatic carbocycles. The highest BCUT2D eigenvalue weighted by atomic mass is 35.5. The van der Waals surface area contributed by atoms with E-state index in [0.29, 0.717) is 0 Å². The number of hydrogen-bond acceptors (Lipinski definition) is 6. The Kier molecular flexibility index (Phi) is 11.7. The van der Waals surface area contributed by atoms with Crippen molar-refractivity contribution in [2.45, 2.75) is 57.5 Å². The highest BCUT2D eigenvalue weighted by Gasteiger charge is 2.24. The van der Waals surface area contributed by atoms with Crippen LogP contribution >= 0.6 is 12.4 Å². The second-order valence-corrected chi connectivity index (χ2v) is 9.90. The lowest BCUT2D eigenvalue weighted by atomic mass is 10.0. The first kappa shape index (κ1) is 25.0. The van der Waals surface area contributed by atoms with E-state index in [1.54, 1.807) is 0 Å². The molecule has 2 heterocycles. The SMILES string of the molecule is CCN1CCCCC1CS(N)(=O)=O.Cl.NS(=O)(=O)CC1CCCCN1. The maximum Gasteiger partial charge on any atom is 0.210 e. The van der Waals surface area contributed by atoms with Crippen molar-refractivity contribution >= 4 is 32.5 Å². The lowest BCUT2D eigenvalue weighted by molar-refractivity contribution is 0.171. The second-order valence-electron chi connectivity index (χ2n) is 6.58. The molecule has 2 rings (SSSR count). The lowest BCUT2D eigenvalue weighted by Crippen LogP contribution is -2.44. The Labute approximate surface area is 158 Å². The van der Waals surface area contributed by atoms with E-state index >= 15 is 0 Å². The zero-order valence-corrected chi connectivity index (χ0v) is 17.3. The molecule has 11 heteroatoms. The number of halogens is 1. The molecule has 0 aromatic rings. The van der Waals surface area contributed by atoms with Crippen LogP contribution in [-0.4, -0.2) is 65.0 Å². The highest BCUT2D eigenvalue weighted by molar-refractivity contribution is 7.89. The molecule has 0 spiro atoms. The van der Waals surface area contributed by atoms with Gasteiger partial charge < -0.3 is 5.32 Å². The fourth-order valence-corrected chi connectivity index (χ4v) is 5.04. The molecule has 2 aliphatic rings. The van der Waals surface area contributed by atoms with Crippen LogP contribution in [-0.2, 0) is 20.0 Å². The minimum absolute atomic E-state index is 0. The van der Waals surface area contributed by atoms with Gasteiger partial charge in [-0.3, -0.25) is 4.90 Å². The van der Waals surface area contributed by atoms with E-state index in [1.165, 1.54) is 6.42 Å². The van der Waals surface area contributed by atoms with Gasteiger partial charge in [-0.2, -0.15) is 0 Å². The van der Waals surface area contributed by atoms with Crippen molar-refractivity contribution in [1.82, 2.24) is 10.2 Å². The summed E-state index contributed by atoms with van der Waals surface area (Å²) >= 11 is 0. The standard InChI is InChI=1S/C8H18N2O2S.C6H14N2O2S.ClH/c1-2-10-6-4-3-5-8(10)7-13(9,11)12;7-11(9,10)5-6-3-1-2-4-8-6;/h8H,2-7H2,1H3,(H2,9,11,12);6,8H,1-5H2,(H2,7,9,10);1H. The Morgan fingerprint density at radius 2 is 1.56 bits per heavy atom. The minimum Gasteiger partial charge on any atom is -0.313 e. The number of sulfonamides is 2. The molecule has 8 nitrogen and oxygen atoms in total. The third-order valence-corrected chi connectivity index (χ3v) is 6.14. The molecule has 25 heavy (non-hydrogen) atoms. The fraction of sp³-hybridized carbons (Fsp3) is 1.00. The summed E-state index contributed by atoms with van der Waals surface area (Å²) in [6.07, 6.45) is 6.43. The van der Waals surface area contributed by atoms with Crippen LogP contribution in [0.3, 0.4) is 0 Å². The van der Waals surface area contributed by atoms with Gasteiger partial charge in [0.15, 0.2) is 0 Å². The van der Waals surface area contributed by atoms with Gasteiger partial charge in [-0.25, -0.2) is 27.1 Å². The average Bonchev–Trinajstić information content (AvgIpc) is 2.46. The summed E-state index contributed by atoms with van der Waals surface area (Å²) in [6, 6.07) is 0.229. The number of hydrogen-bond donors (Lipinski definition) is 3. The molecule has 0 aliphatic carbocycles.